The zero-order valence-corrected chi connectivity index (χ0v) is 18.9. The van der Waals surface area contributed by atoms with Gasteiger partial charge in [-0.1, -0.05) is 13.3 Å². The van der Waals surface area contributed by atoms with Crippen molar-refractivity contribution < 1.29 is 23.8 Å². The lowest BCUT2D eigenvalue weighted by Gasteiger charge is -2.18. The van der Waals surface area contributed by atoms with Crippen LogP contribution >= 0.6 is 0 Å². The van der Waals surface area contributed by atoms with Crippen LogP contribution in [0.25, 0.3) is 11.0 Å². The summed E-state index contributed by atoms with van der Waals surface area (Å²) in [6, 6.07) is 9.40. The first-order chi connectivity index (χ1) is 15.3. The molecule has 0 unspecified atom stereocenters. The number of nitrogens with zero attached hydrogens (tertiary/aromatic N) is 1. The summed E-state index contributed by atoms with van der Waals surface area (Å²) in [4.78, 5) is 27.1. The molecule has 2 aromatic carbocycles. The third kappa shape index (κ3) is 5.11. The molecule has 1 aromatic heterocycles. The minimum atomic E-state index is -0.420. The van der Waals surface area contributed by atoms with E-state index >= 15 is 0 Å². The first-order valence-corrected chi connectivity index (χ1v) is 10.8. The molecule has 0 aliphatic rings. The number of rotatable bonds is 9. The Labute approximate surface area is 187 Å². The molecule has 7 nitrogen and oxygen atoms in total. The number of phenols is 1. The van der Waals surface area contributed by atoms with Crippen LogP contribution in [0.1, 0.15) is 48.4 Å². The maximum absolute atomic E-state index is 13.2. The molecule has 1 heterocycles. The van der Waals surface area contributed by atoms with Crippen LogP contribution in [0.3, 0.4) is 0 Å². The van der Waals surface area contributed by atoms with E-state index in [1.165, 1.54) is 6.07 Å². The van der Waals surface area contributed by atoms with Crippen molar-refractivity contribution in [3.05, 3.63) is 63.5 Å². The Morgan fingerprint density at radius 1 is 1.12 bits per heavy atom. The summed E-state index contributed by atoms with van der Waals surface area (Å²) >= 11 is 0. The van der Waals surface area contributed by atoms with Crippen LogP contribution in [0.2, 0.25) is 0 Å². The van der Waals surface area contributed by atoms with Crippen LogP contribution in [-0.4, -0.2) is 36.2 Å². The summed E-state index contributed by atoms with van der Waals surface area (Å²) < 4.78 is 16.8. The predicted molar refractivity (Wildman–Crippen MR) is 123 cm³/mol. The predicted octanol–water partition coefficient (Wildman–Crippen LogP) is 5.01. The summed E-state index contributed by atoms with van der Waals surface area (Å²) in [6.45, 7) is 7.14. The van der Waals surface area contributed by atoms with E-state index in [-0.39, 0.29) is 16.9 Å². The Balaban J connectivity index is 1.94. The summed E-state index contributed by atoms with van der Waals surface area (Å²) in [5, 5.41) is 10.8. The van der Waals surface area contributed by atoms with Crippen molar-refractivity contribution in [2.24, 2.45) is 0 Å². The molecule has 0 amide bonds. The molecule has 0 aliphatic carbocycles. The lowest BCUT2D eigenvalue weighted by Crippen LogP contribution is -2.19. The number of esters is 1. The zero-order chi connectivity index (χ0) is 23.3. The molecule has 3 rings (SSSR count). The van der Waals surface area contributed by atoms with E-state index in [0.29, 0.717) is 46.8 Å². The van der Waals surface area contributed by atoms with E-state index in [0.717, 1.165) is 19.4 Å². The number of unbranched alkanes of at least 4 members (excludes halogenated alkanes) is 1. The van der Waals surface area contributed by atoms with Gasteiger partial charge in [-0.15, -0.1) is 0 Å². The highest BCUT2D eigenvalue weighted by molar-refractivity contribution is 5.89. The number of carbonyl (C=O) groups is 1. The van der Waals surface area contributed by atoms with Crippen molar-refractivity contribution in [2.75, 3.05) is 20.2 Å². The standard InChI is InChI=1S/C25H29NO6/c1-5-7-14-26(4)15-20-21(27)13-12-19-22(28)23(16(3)31-24(19)20)32-18-10-8-17(9-11-18)25(29)30-6-2/h8-13,27H,5-7,14-15H2,1-4H3. The van der Waals surface area contributed by atoms with Crippen molar-refractivity contribution >= 4 is 16.9 Å². The Hall–Kier alpha value is -3.32. The molecular formula is C25H29NO6. The summed E-state index contributed by atoms with van der Waals surface area (Å²) in [5.41, 5.74) is 1.01. The molecule has 0 fully saturated rings. The van der Waals surface area contributed by atoms with Crippen LogP contribution < -0.4 is 10.2 Å². The number of benzene rings is 2. The molecule has 32 heavy (non-hydrogen) atoms. The number of carbonyl (C=O) groups excluding carboxylic acids is 1. The van der Waals surface area contributed by atoms with Crippen LogP contribution in [0.15, 0.2) is 45.6 Å². The largest absolute Gasteiger partial charge is 0.507 e. The Bertz CT molecular complexity index is 1150. The zero-order valence-electron chi connectivity index (χ0n) is 18.9. The van der Waals surface area contributed by atoms with Gasteiger partial charge in [-0.25, -0.2) is 4.79 Å². The van der Waals surface area contributed by atoms with Crippen molar-refractivity contribution in [3.63, 3.8) is 0 Å². The van der Waals surface area contributed by atoms with Gasteiger partial charge in [-0.2, -0.15) is 0 Å². The van der Waals surface area contributed by atoms with Crippen molar-refractivity contribution in [2.45, 2.75) is 40.2 Å². The summed E-state index contributed by atoms with van der Waals surface area (Å²) in [6.07, 6.45) is 2.11. The maximum Gasteiger partial charge on any atom is 0.338 e. The number of fused-ring (bicyclic) bond motifs is 1. The average Bonchev–Trinajstić information content (AvgIpc) is 2.77. The molecule has 3 aromatic rings. The van der Waals surface area contributed by atoms with Gasteiger partial charge in [-0.3, -0.25) is 4.79 Å². The lowest BCUT2D eigenvalue weighted by molar-refractivity contribution is 0.0526. The molecule has 0 radical (unpaired) electrons. The lowest BCUT2D eigenvalue weighted by atomic mass is 10.1. The van der Waals surface area contributed by atoms with Gasteiger partial charge in [0.05, 0.1) is 23.1 Å². The number of hydrogen-bond donors (Lipinski definition) is 1. The first kappa shape index (κ1) is 23.3. The normalized spacial score (nSPS) is 11.2. The molecular weight excluding hydrogens is 410 g/mol. The monoisotopic (exact) mass is 439 g/mol. The van der Waals surface area contributed by atoms with Crippen LogP contribution in [0, 0.1) is 6.92 Å². The second kappa shape index (κ2) is 10.3. The SMILES string of the molecule is CCCCN(C)Cc1c(O)ccc2c(=O)c(Oc3ccc(C(=O)OCC)cc3)c(C)oc12. The fourth-order valence-corrected chi connectivity index (χ4v) is 3.43. The highest BCUT2D eigenvalue weighted by Gasteiger charge is 2.19. The van der Waals surface area contributed by atoms with Gasteiger partial charge in [0.15, 0.2) is 0 Å². The third-order valence-electron chi connectivity index (χ3n) is 5.17. The molecule has 0 spiro atoms. The highest BCUT2D eigenvalue weighted by Crippen LogP contribution is 2.31. The van der Waals surface area contributed by atoms with E-state index in [1.54, 1.807) is 44.2 Å². The molecule has 0 saturated heterocycles. The second-order valence-corrected chi connectivity index (χ2v) is 7.69. The highest BCUT2D eigenvalue weighted by atomic mass is 16.5. The van der Waals surface area contributed by atoms with Gasteiger partial charge in [0, 0.05) is 6.54 Å². The molecule has 0 aliphatic heterocycles. The third-order valence-corrected chi connectivity index (χ3v) is 5.17. The Morgan fingerprint density at radius 3 is 2.50 bits per heavy atom. The number of aryl methyl sites for hydroxylation is 1. The molecule has 0 atom stereocenters. The van der Waals surface area contributed by atoms with E-state index in [4.69, 9.17) is 13.9 Å². The van der Waals surface area contributed by atoms with Gasteiger partial charge in [0.25, 0.3) is 0 Å². The fraction of sp³-hybridized carbons (Fsp3) is 0.360. The summed E-state index contributed by atoms with van der Waals surface area (Å²) in [5.74, 6) is 0.437. The van der Waals surface area contributed by atoms with E-state index < -0.39 is 5.97 Å². The van der Waals surface area contributed by atoms with Gasteiger partial charge in [-0.05, 0) is 70.3 Å². The fourth-order valence-electron chi connectivity index (χ4n) is 3.43. The molecule has 1 N–H and O–H groups in total. The topological polar surface area (TPSA) is 89.2 Å². The minimum Gasteiger partial charge on any atom is -0.507 e. The quantitative estimate of drug-likeness (QED) is 0.469. The molecule has 170 valence electrons. The maximum atomic E-state index is 13.2. The number of hydrogen-bond acceptors (Lipinski definition) is 7. The van der Waals surface area contributed by atoms with Gasteiger partial charge >= 0.3 is 5.97 Å². The van der Waals surface area contributed by atoms with Crippen molar-refractivity contribution in [3.8, 4) is 17.2 Å². The van der Waals surface area contributed by atoms with E-state index in [9.17, 15) is 14.7 Å². The average molecular weight is 440 g/mol. The minimum absolute atomic E-state index is 0.0670. The van der Waals surface area contributed by atoms with Crippen LogP contribution in [0.5, 0.6) is 17.2 Å². The van der Waals surface area contributed by atoms with Crippen molar-refractivity contribution in [1.29, 1.82) is 0 Å². The second-order valence-electron chi connectivity index (χ2n) is 7.69. The Morgan fingerprint density at radius 2 is 1.84 bits per heavy atom. The van der Waals surface area contributed by atoms with Crippen LogP contribution in [0.4, 0.5) is 0 Å². The van der Waals surface area contributed by atoms with Crippen molar-refractivity contribution in [1.82, 2.24) is 4.90 Å². The van der Waals surface area contributed by atoms with E-state index in [1.807, 2.05) is 7.05 Å². The number of phenolic OH excluding ortho intramolecular Hbond substituents is 1. The van der Waals surface area contributed by atoms with E-state index in [2.05, 4.69) is 11.8 Å². The van der Waals surface area contributed by atoms with Gasteiger partial charge in [0.2, 0.25) is 11.2 Å². The molecule has 7 heteroatoms. The molecule has 0 saturated carbocycles. The van der Waals surface area contributed by atoms with Crippen LogP contribution in [-0.2, 0) is 11.3 Å². The Kier molecular flexibility index (Phi) is 7.53. The first-order valence-electron chi connectivity index (χ1n) is 10.8. The summed E-state index contributed by atoms with van der Waals surface area (Å²) in [7, 11) is 1.97. The smallest absolute Gasteiger partial charge is 0.338 e. The number of ether oxygens (including phenoxy) is 2. The van der Waals surface area contributed by atoms with Gasteiger partial charge in [0.1, 0.15) is 22.8 Å². The molecule has 0 bridgehead atoms. The van der Waals surface area contributed by atoms with Gasteiger partial charge < -0.3 is 23.9 Å². The number of aromatic hydroxyl groups is 1.